The number of benzene rings is 3. The Morgan fingerprint density at radius 2 is 0.679 bits per heavy atom. The second kappa shape index (κ2) is 25.8. The molecule has 3 rings (SSSR count). The van der Waals surface area contributed by atoms with E-state index in [1.54, 1.807) is 24.3 Å². The normalized spacial score (nSPS) is 11.7. The molecule has 0 spiro atoms. The number of ether oxygens (including phenoxy) is 6. The van der Waals surface area contributed by atoms with Crippen LogP contribution in [0.1, 0.15) is 20.7 Å². The van der Waals surface area contributed by atoms with Gasteiger partial charge in [0.25, 0.3) is 11.8 Å². The Morgan fingerprint density at radius 1 is 0.411 bits per heavy atom. The molecular weight excluding hydrogens is 777 g/mol. The van der Waals surface area contributed by atoms with Gasteiger partial charge < -0.3 is 49.3 Å². The smallest absolute Gasteiger partial charge is 0.251 e. The van der Waals surface area contributed by atoms with E-state index in [1.165, 1.54) is 48.5 Å². The third kappa shape index (κ3) is 18.6. The number of carbonyl (C=O) groups is 2. The summed E-state index contributed by atoms with van der Waals surface area (Å²) in [4.78, 5) is 24.9. The first-order valence-electron chi connectivity index (χ1n) is 17.7. The van der Waals surface area contributed by atoms with E-state index in [9.17, 15) is 36.6 Å². The minimum Gasteiger partial charge on any atom is -0.508 e. The summed E-state index contributed by atoms with van der Waals surface area (Å²) >= 11 is 0. The zero-order chi connectivity index (χ0) is 40.5. The molecule has 18 nitrogen and oxygen atoms in total. The summed E-state index contributed by atoms with van der Waals surface area (Å²) in [6, 6.07) is 16.6. The molecule has 0 heterocycles. The number of amides is 2. The molecule has 0 saturated carbocycles. The van der Waals surface area contributed by atoms with Crippen LogP contribution in [0.4, 0.5) is 0 Å². The molecule has 0 radical (unpaired) electrons. The lowest BCUT2D eigenvalue weighted by molar-refractivity contribution is 0.0162. The zero-order valence-corrected chi connectivity index (χ0v) is 32.5. The topological polar surface area (TPSA) is 246 Å². The van der Waals surface area contributed by atoms with E-state index in [2.05, 4.69) is 20.1 Å². The molecule has 0 unspecified atom stereocenters. The lowest BCUT2D eigenvalue weighted by Crippen LogP contribution is -2.29. The summed E-state index contributed by atoms with van der Waals surface area (Å²) in [6.45, 7) is 3.97. The SMILES string of the molecule is O=C(NCCOCCOCCOCCNS(=O)(=O)c1ccc(O)cc1)c1ccc(C(=O)NCCOCCOCCOCCNS(=O)(=O)c2ccc(O)cc2)cc1. The minimum absolute atomic E-state index is 0.0216. The fourth-order valence-electron chi connectivity index (χ4n) is 4.45. The highest BCUT2D eigenvalue weighted by molar-refractivity contribution is 7.89. The summed E-state index contributed by atoms with van der Waals surface area (Å²) < 4.78 is 85.9. The number of sulfonamides is 2. The molecule has 0 aliphatic heterocycles. The standard InChI is InChI=1S/C36H50N4O14S2/c41-31-5-9-33(10-6-31)55(45,46)39-15-19-51-23-27-53-25-21-49-17-13-37-35(43)29-1-2-30(4-3-29)36(44)38-14-18-50-22-26-54-28-24-52-20-16-40-56(47,48)34-11-7-32(42)8-12-34/h1-12,39-42H,13-28H2,(H,37,43)(H,38,44). The van der Waals surface area contributed by atoms with Crippen LogP contribution in [-0.4, -0.2) is 144 Å². The van der Waals surface area contributed by atoms with Gasteiger partial charge in [0, 0.05) is 37.3 Å². The van der Waals surface area contributed by atoms with Gasteiger partial charge in [0.15, 0.2) is 0 Å². The molecule has 20 heteroatoms. The Labute approximate surface area is 326 Å². The minimum atomic E-state index is -3.68. The van der Waals surface area contributed by atoms with Gasteiger partial charge in [-0.3, -0.25) is 9.59 Å². The van der Waals surface area contributed by atoms with Gasteiger partial charge >= 0.3 is 0 Å². The van der Waals surface area contributed by atoms with Gasteiger partial charge in [-0.05, 0) is 72.8 Å². The van der Waals surface area contributed by atoms with Crippen molar-refractivity contribution in [2.24, 2.45) is 0 Å². The average Bonchev–Trinajstić information content (AvgIpc) is 3.18. The predicted octanol–water partition coefficient (Wildman–Crippen LogP) is 0.614. The number of rotatable bonds is 30. The van der Waals surface area contributed by atoms with Crippen LogP contribution >= 0.6 is 0 Å². The van der Waals surface area contributed by atoms with Crippen LogP contribution in [0.5, 0.6) is 11.5 Å². The summed E-state index contributed by atoms with van der Waals surface area (Å²) in [6.07, 6.45) is 0. The van der Waals surface area contributed by atoms with E-state index in [0.717, 1.165) is 0 Å². The molecule has 3 aromatic carbocycles. The van der Waals surface area contributed by atoms with Crippen molar-refractivity contribution >= 4 is 31.9 Å². The van der Waals surface area contributed by atoms with Crippen LogP contribution in [0.15, 0.2) is 82.6 Å². The first kappa shape index (κ1) is 46.2. The number of aromatic hydroxyl groups is 2. The molecule has 0 fully saturated rings. The highest BCUT2D eigenvalue weighted by Gasteiger charge is 2.14. The van der Waals surface area contributed by atoms with Crippen molar-refractivity contribution in [3.8, 4) is 11.5 Å². The van der Waals surface area contributed by atoms with Crippen molar-refractivity contribution in [1.29, 1.82) is 0 Å². The van der Waals surface area contributed by atoms with Gasteiger partial charge in [-0.15, -0.1) is 0 Å². The Morgan fingerprint density at radius 3 is 0.982 bits per heavy atom. The summed E-state index contributed by atoms with van der Waals surface area (Å²) in [7, 11) is -7.36. The van der Waals surface area contributed by atoms with Crippen LogP contribution in [-0.2, 0) is 48.5 Å². The maximum Gasteiger partial charge on any atom is 0.251 e. The van der Waals surface area contributed by atoms with E-state index < -0.39 is 20.0 Å². The number of hydrogen-bond acceptors (Lipinski definition) is 14. The Bertz CT molecular complexity index is 1660. The molecule has 6 N–H and O–H groups in total. The highest BCUT2D eigenvalue weighted by Crippen LogP contribution is 2.15. The molecule has 0 atom stereocenters. The van der Waals surface area contributed by atoms with Crippen molar-refractivity contribution < 1.29 is 65.1 Å². The lowest BCUT2D eigenvalue weighted by atomic mass is 10.1. The maximum atomic E-state index is 12.4. The van der Waals surface area contributed by atoms with Gasteiger partial charge in [0.2, 0.25) is 20.0 Å². The summed E-state index contributed by atoms with van der Waals surface area (Å²) in [5.41, 5.74) is 0.781. The Hall–Kier alpha value is -4.22. The van der Waals surface area contributed by atoms with Crippen molar-refractivity contribution in [2.45, 2.75) is 9.79 Å². The molecular formula is C36H50N4O14S2. The van der Waals surface area contributed by atoms with E-state index in [-0.39, 0.29) is 98.9 Å². The van der Waals surface area contributed by atoms with Crippen LogP contribution in [0.25, 0.3) is 0 Å². The van der Waals surface area contributed by atoms with Crippen molar-refractivity contribution in [3.05, 3.63) is 83.9 Å². The first-order chi connectivity index (χ1) is 27.0. The lowest BCUT2D eigenvalue weighted by Gasteiger charge is -2.09. The van der Waals surface area contributed by atoms with E-state index in [0.29, 0.717) is 50.8 Å². The third-order valence-corrected chi connectivity index (χ3v) is 10.3. The molecule has 56 heavy (non-hydrogen) atoms. The Kier molecular flexibility index (Phi) is 21.3. The van der Waals surface area contributed by atoms with E-state index in [4.69, 9.17) is 28.4 Å². The number of nitrogens with one attached hydrogen (secondary N) is 4. The van der Waals surface area contributed by atoms with Gasteiger partial charge in [0.1, 0.15) is 11.5 Å². The number of carbonyl (C=O) groups excluding carboxylic acids is 2. The van der Waals surface area contributed by atoms with Crippen LogP contribution in [0.2, 0.25) is 0 Å². The van der Waals surface area contributed by atoms with Crippen LogP contribution in [0.3, 0.4) is 0 Å². The van der Waals surface area contributed by atoms with Crippen LogP contribution in [0, 0.1) is 0 Å². The highest BCUT2D eigenvalue weighted by atomic mass is 32.2. The largest absolute Gasteiger partial charge is 0.508 e. The second-order valence-electron chi connectivity index (χ2n) is 11.5. The van der Waals surface area contributed by atoms with Crippen molar-refractivity contribution in [2.75, 3.05) is 105 Å². The molecule has 3 aromatic rings. The fourth-order valence-corrected chi connectivity index (χ4v) is 6.47. The van der Waals surface area contributed by atoms with Gasteiger partial charge in [-0.2, -0.15) is 0 Å². The molecule has 310 valence electrons. The van der Waals surface area contributed by atoms with Crippen LogP contribution < -0.4 is 20.1 Å². The molecule has 0 saturated heterocycles. The maximum absolute atomic E-state index is 12.4. The van der Waals surface area contributed by atoms with E-state index >= 15 is 0 Å². The van der Waals surface area contributed by atoms with Gasteiger partial charge in [-0.25, -0.2) is 26.3 Å². The van der Waals surface area contributed by atoms with Gasteiger partial charge in [-0.1, -0.05) is 0 Å². The number of phenolic OH excluding ortho intramolecular Hbond substituents is 2. The summed E-state index contributed by atoms with van der Waals surface area (Å²) in [5, 5.41) is 24.0. The quantitative estimate of drug-likeness (QED) is 0.0505. The molecule has 0 aliphatic carbocycles. The fraction of sp³-hybridized carbons (Fsp3) is 0.444. The van der Waals surface area contributed by atoms with Crippen molar-refractivity contribution in [1.82, 2.24) is 20.1 Å². The monoisotopic (exact) mass is 826 g/mol. The summed E-state index contributed by atoms with van der Waals surface area (Å²) in [5.74, 6) is -0.662. The molecule has 0 bridgehead atoms. The van der Waals surface area contributed by atoms with Gasteiger partial charge in [0.05, 0.1) is 89.1 Å². The van der Waals surface area contributed by atoms with E-state index in [1.807, 2.05) is 0 Å². The Balaban J connectivity index is 1.09. The third-order valence-electron chi connectivity index (χ3n) is 7.33. The second-order valence-corrected chi connectivity index (χ2v) is 15.1. The first-order valence-corrected chi connectivity index (χ1v) is 20.6. The number of phenols is 2. The average molecular weight is 827 g/mol. The molecule has 0 aromatic heterocycles. The van der Waals surface area contributed by atoms with Crippen molar-refractivity contribution in [3.63, 3.8) is 0 Å². The zero-order valence-electron chi connectivity index (χ0n) is 30.9. The predicted molar refractivity (Wildman–Crippen MR) is 203 cm³/mol. The molecule has 0 aliphatic rings. The number of hydrogen-bond donors (Lipinski definition) is 6. The molecule has 2 amide bonds.